The molecule has 0 aliphatic heterocycles. The van der Waals surface area contributed by atoms with Crippen molar-refractivity contribution in [2.24, 2.45) is 0 Å². The molecule has 0 radical (unpaired) electrons. The number of rotatable bonds is 4. The Morgan fingerprint density at radius 2 is 0.655 bits per heavy atom. The maximum Gasteiger partial charge on any atom is 0.116 e. The topological polar surface area (TPSA) is 20.2 Å². The molecule has 0 amide bonds. The van der Waals surface area contributed by atoms with Crippen molar-refractivity contribution in [1.82, 2.24) is 0 Å². The van der Waals surface area contributed by atoms with Crippen molar-refractivity contribution in [3.63, 3.8) is 0 Å². The van der Waals surface area contributed by atoms with E-state index in [0.29, 0.717) is 0 Å². The fourth-order valence-electron chi connectivity index (χ4n) is 9.31. The summed E-state index contributed by atoms with van der Waals surface area (Å²) in [5.41, 5.74) is 10.9. The third-order valence-electron chi connectivity index (χ3n) is 12.0. The molecule has 58 heavy (non-hydrogen) atoms. The second kappa shape index (κ2) is 13.6. The third-order valence-corrected chi connectivity index (χ3v) is 12.0. The SMILES string of the molecule is Cc1ccc(-c2ccc3ccc4cccc5ccc2c3c45)c(-c2ccccc2)c1.Oc1ccc(-c2ccc3ccc4cccc5ccc2c3c45)c(-c2ccccc2)c1. The molecule has 0 aromatic heterocycles. The zero-order valence-electron chi connectivity index (χ0n) is 32.1. The van der Waals surface area contributed by atoms with Crippen LogP contribution in [0.15, 0.2) is 206 Å². The second-order valence-corrected chi connectivity index (χ2v) is 15.4. The number of aromatic hydroxyl groups is 1. The highest BCUT2D eigenvalue weighted by Crippen LogP contribution is 2.44. The summed E-state index contributed by atoms with van der Waals surface area (Å²) in [6.07, 6.45) is 0. The van der Waals surface area contributed by atoms with Crippen LogP contribution < -0.4 is 0 Å². The first-order valence-electron chi connectivity index (χ1n) is 20.0. The van der Waals surface area contributed by atoms with Crippen LogP contribution in [0.4, 0.5) is 0 Å². The van der Waals surface area contributed by atoms with Gasteiger partial charge in [0.25, 0.3) is 0 Å². The molecule has 12 rings (SSSR count). The molecule has 1 nitrogen and oxygen atoms in total. The maximum absolute atomic E-state index is 10.2. The first kappa shape index (κ1) is 33.8. The van der Waals surface area contributed by atoms with E-state index in [9.17, 15) is 5.11 Å². The Morgan fingerprint density at radius 1 is 0.276 bits per heavy atom. The molecule has 0 saturated carbocycles. The molecule has 0 aliphatic rings. The zero-order chi connectivity index (χ0) is 38.7. The first-order valence-corrected chi connectivity index (χ1v) is 20.0. The molecule has 0 atom stereocenters. The van der Waals surface area contributed by atoms with E-state index in [0.717, 1.165) is 16.7 Å². The lowest BCUT2D eigenvalue weighted by atomic mass is 9.87. The molecule has 12 aromatic carbocycles. The number of phenolic OH excluding ortho intramolecular Hbond substituents is 1. The van der Waals surface area contributed by atoms with Crippen LogP contribution in [0.1, 0.15) is 5.56 Å². The lowest BCUT2D eigenvalue weighted by Gasteiger charge is -2.17. The average Bonchev–Trinajstić information content (AvgIpc) is 3.28. The predicted molar refractivity (Wildman–Crippen MR) is 248 cm³/mol. The molecule has 1 heteroatoms. The highest BCUT2D eigenvalue weighted by Gasteiger charge is 2.17. The van der Waals surface area contributed by atoms with Crippen LogP contribution in [0.3, 0.4) is 0 Å². The lowest BCUT2D eigenvalue weighted by molar-refractivity contribution is 0.475. The minimum absolute atomic E-state index is 0.283. The van der Waals surface area contributed by atoms with E-state index < -0.39 is 0 Å². The van der Waals surface area contributed by atoms with Crippen LogP contribution in [0.2, 0.25) is 0 Å². The first-order chi connectivity index (χ1) is 28.6. The molecule has 0 spiro atoms. The van der Waals surface area contributed by atoms with Gasteiger partial charge in [-0.3, -0.25) is 0 Å². The van der Waals surface area contributed by atoms with Crippen LogP contribution in [-0.4, -0.2) is 5.11 Å². The van der Waals surface area contributed by atoms with Crippen molar-refractivity contribution in [3.8, 4) is 50.3 Å². The average molecular weight is 739 g/mol. The molecule has 12 aromatic rings. The summed E-state index contributed by atoms with van der Waals surface area (Å²) in [6, 6.07) is 73.5. The van der Waals surface area contributed by atoms with E-state index in [1.165, 1.54) is 98.0 Å². The van der Waals surface area contributed by atoms with Crippen LogP contribution in [0.5, 0.6) is 5.75 Å². The van der Waals surface area contributed by atoms with E-state index >= 15 is 0 Å². The van der Waals surface area contributed by atoms with Crippen LogP contribution in [0.25, 0.3) is 109 Å². The van der Waals surface area contributed by atoms with Gasteiger partial charge < -0.3 is 5.11 Å². The number of aryl methyl sites for hydroxylation is 1. The Bertz CT molecular complexity index is 3190. The summed E-state index contributed by atoms with van der Waals surface area (Å²) >= 11 is 0. The van der Waals surface area contributed by atoms with Gasteiger partial charge in [-0.25, -0.2) is 0 Å². The number of hydrogen-bond donors (Lipinski definition) is 1. The summed E-state index contributed by atoms with van der Waals surface area (Å²) in [4.78, 5) is 0. The quantitative estimate of drug-likeness (QED) is 0.178. The fourth-order valence-corrected chi connectivity index (χ4v) is 9.31. The molecule has 0 aliphatic carbocycles. The van der Waals surface area contributed by atoms with Gasteiger partial charge in [0.1, 0.15) is 5.75 Å². The molecule has 0 unspecified atom stereocenters. The maximum atomic E-state index is 10.2. The second-order valence-electron chi connectivity index (χ2n) is 15.4. The Hall–Kier alpha value is -7.48. The number of hydrogen-bond acceptors (Lipinski definition) is 1. The van der Waals surface area contributed by atoms with Crippen LogP contribution >= 0.6 is 0 Å². The number of benzene rings is 12. The Kier molecular flexibility index (Phi) is 7.94. The van der Waals surface area contributed by atoms with Gasteiger partial charge in [-0.1, -0.05) is 200 Å². The molecular weight excluding hydrogens is 701 g/mol. The van der Waals surface area contributed by atoms with E-state index in [4.69, 9.17) is 0 Å². The Morgan fingerprint density at radius 3 is 1.14 bits per heavy atom. The smallest absolute Gasteiger partial charge is 0.116 e. The summed E-state index contributed by atoms with van der Waals surface area (Å²) in [5.74, 6) is 0.283. The van der Waals surface area contributed by atoms with Crippen molar-refractivity contribution >= 4 is 64.6 Å². The van der Waals surface area contributed by atoms with Gasteiger partial charge in [0.05, 0.1) is 0 Å². The predicted octanol–water partition coefficient (Wildman–Crippen LogP) is 15.9. The van der Waals surface area contributed by atoms with Crippen LogP contribution in [0, 0.1) is 6.92 Å². The molecule has 0 bridgehead atoms. The normalized spacial score (nSPS) is 11.6. The minimum Gasteiger partial charge on any atom is -0.508 e. The van der Waals surface area contributed by atoms with Gasteiger partial charge in [0, 0.05) is 0 Å². The van der Waals surface area contributed by atoms with Gasteiger partial charge in [-0.2, -0.15) is 0 Å². The van der Waals surface area contributed by atoms with Gasteiger partial charge in [-0.05, 0) is 128 Å². The monoisotopic (exact) mass is 738 g/mol. The molecule has 1 N–H and O–H groups in total. The highest BCUT2D eigenvalue weighted by molar-refractivity contribution is 6.27. The van der Waals surface area contributed by atoms with Crippen molar-refractivity contribution < 1.29 is 5.11 Å². The van der Waals surface area contributed by atoms with E-state index in [1.54, 1.807) is 6.07 Å². The molecule has 0 heterocycles. The Balaban J connectivity index is 0.000000133. The molecule has 0 fully saturated rings. The lowest BCUT2D eigenvalue weighted by Crippen LogP contribution is -1.90. The van der Waals surface area contributed by atoms with Gasteiger partial charge >= 0.3 is 0 Å². The standard InChI is InChI=1S/C29H20.C28H18O/c1-19-10-15-25(27(18-19)20-6-3-2-4-7-20)24-16-13-23-12-11-21-8-5-9-22-14-17-26(24)29(23)28(21)22;29-22-13-16-24(26(17-22)18-5-2-1-3-6-18)23-14-11-21-10-9-19-7-4-8-20-12-15-25(23)28(21)27(19)20/h2-18H,1H3;1-17,29H. The fraction of sp³-hybridized carbons (Fsp3) is 0.0175. The van der Waals surface area contributed by atoms with Gasteiger partial charge in [-0.15, -0.1) is 0 Å². The van der Waals surface area contributed by atoms with Crippen molar-refractivity contribution in [2.45, 2.75) is 6.92 Å². The molecule has 0 saturated heterocycles. The minimum atomic E-state index is 0.283. The third kappa shape index (κ3) is 5.55. The largest absolute Gasteiger partial charge is 0.508 e. The Labute approximate surface area is 337 Å². The summed E-state index contributed by atoms with van der Waals surface area (Å²) in [5, 5.41) is 25.9. The van der Waals surface area contributed by atoms with E-state index in [2.05, 4.69) is 177 Å². The summed E-state index contributed by atoms with van der Waals surface area (Å²) < 4.78 is 0. The van der Waals surface area contributed by atoms with E-state index in [1.807, 2.05) is 30.3 Å². The highest BCUT2D eigenvalue weighted by atomic mass is 16.3. The van der Waals surface area contributed by atoms with Gasteiger partial charge in [0.2, 0.25) is 0 Å². The molecule has 272 valence electrons. The van der Waals surface area contributed by atoms with Crippen molar-refractivity contribution in [2.75, 3.05) is 0 Å². The van der Waals surface area contributed by atoms with Crippen LogP contribution in [-0.2, 0) is 0 Å². The van der Waals surface area contributed by atoms with Crippen molar-refractivity contribution in [1.29, 1.82) is 0 Å². The molecular formula is C57H38O. The van der Waals surface area contributed by atoms with Gasteiger partial charge in [0.15, 0.2) is 0 Å². The van der Waals surface area contributed by atoms with E-state index in [-0.39, 0.29) is 5.75 Å². The summed E-state index contributed by atoms with van der Waals surface area (Å²) in [7, 11) is 0. The zero-order valence-corrected chi connectivity index (χ0v) is 32.1. The van der Waals surface area contributed by atoms with Crippen molar-refractivity contribution in [3.05, 3.63) is 212 Å². The summed E-state index contributed by atoms with van der Waals surface area (Å²) in [6.45, 7) is 2.17. The number of phenols is 1.